The molecule has 0 atom stereocenters. The first-order valence-electron chi connectivity index (χ1n) is 4.01. The second-order valence-electron chi connectivity index (χ2n) is 2.78. The summed E-state index contributed by atoms with van der Waals surface area (Å²) >= 11 is 0. The van der Waals surface area contributed by atoms with Crippen LogP contribution in [0.3, 0.4) is 0 Å². The number of aliphatic hydroxyl groups excluding tert-OH is 1. The molecule has 0 aliphatic carbocycles. The number of aromatic nitrogens is 1. The minimum absolute atomic E-state index is 0.175. The Morgan fingerprint density at radius 3 is 3.00 bits per heavy atom. The Bertz CT molecular complexity index is 490. The molecule has 5 nitrogen and oxygen atoms in total. The van der Waals surface area contributed by atoms with Crippen LogP contribution in [0.5, 0.6) is 0 Å². The van der Waals surface area contributed by atoms with E-state index in [1.807, 2.05) is 0 Å². The van der Waals surface area contributed by atoms with E-state index < -0.39 is 5.91 Å². The highest BCUT2D eigenvalue weighted by Crippen LogP contribution is 2.19. The van der Waals surface area contributed by atoms with Gasteiger partial charge >= 0.3 is 0 Å². The zero-order valence-corrected chi connectivity index (χ0v) is 7.23. The molecule has 5 heteroatoms. The highest BCUT2D eigenvalue weighted by molar-refractivity contribution is 6.03. The molecule has 0 aliphatic rings. The minimum Gasteiger partial charge on any atom is -0.438 e. The number of hydrogen-bond donors (Lipinski definition) is 2. The van der Waals surface area contributed by atoms with Crippen LogP contribution in [0, 0.1) is 0 Å². The van der Waals surface area contributed by atoms with E-state index in [0.29, 0.717) is 16.7 Å². The summed E-state index contributed by atoms with van der Waals surface area (Å²) in [6.45, 7) is -0.299. The molecule has 0 radical (unpaired) electrons. The maximum Gasteiger partial charge on any atom is 0.251 e. The number of rotatable bonds is 2. The fourth-order valence-electron chi connectivity index (χ4n) is 1.26. The summed E-state index contributed by atoms with van der Waals surface area (Å²) < 4.78 is 5.14. The monoisotopic (exact) mass is 192 g/mol. The zero-order valence-electron chi connectivity index (χ0n) is 7.23. The molecule has 0 aliphatic heterocycles. The van der Waals surface area contributed by atoms with E-state index in [4.69, 9.17) is 15.3 Å². The zero-order chi connectivity index (χ0) is 10.1. The van der Waals surface area contributed by atoms with E-state index in [1.54, 1.807) is 18.2 Å². The van der Waals surface area contributed by atoms with E-state index in [2.05, 4.69) is 4.98 Å². The molecule has 1 heterocycles. The number of primary amides is 1. The van der Waals surface area contributed by atoms with E-state index in [0.717, 1.165) is 0 Å². The van der Waals surface area contributed by atoms with E-state index >= 15 is 0 Å². The number of carbonyl (C=O) groups is 1. The van der Waals surface area contributed by atoms with Gasteiger partial charge in [0.05, 0.1) is 5.56 Å². The Morgan fingerprint density at radius 1 is 1.57 bits per heavy atom. The third kappa shape index (κ3) is 1.23. The largest absolute Gasteiger partial charge is 0.438 e. The molecule has 72 valence electrons. The summed E-state index contributed by atoms with van der Waals surface area (Å²) in [6, 6.07) is 4.87. The van der Waals surface area contributed by atoms with Gasteiger partial charge in [-0.2, -0.15) is 0 Å². The van der Waals surface area contributed by atoms with Crippen LogP contribution in [0.4, 0.5) is 0 Å². The lowest BCUT2D eigenvalue weighted by atomic mass is 10.2. The Labute approximate surface area is 79.2 Å². The van der Waals surface area contributed by atoms with Crippen molar-refractivity contribution < 1.29 is 14.3 Å². The van der Waals surface area contributed by atoms with Crippen LogP contribution in [0.2, 0.25) is 0 Å². The molecular weight excluding hydrogens is 184 g/mol. The Kier molecular flexibility index (Phi) is 1.94. The Balaban J connectivity index is 2.73. The number of nitrogens with two attached hydrogens (primary N) is 1. The number of aliphatic hydroxyl groups is 1. The van der Waals surface area contributed by atoms with E-state index in [-0.39, 0.29) is 12.5 Å². The number of carbonyl (C=O) groups excluding carboxylic acids is 1. The van der Waals surface area contributed by atoms with Gasteiger partial charge in [-0.25, -0.2) is 4.98 Å². The van der Waals surface area contributed by atoms with Crippen molar-refractivity contribution in [2.75, 3.05) is 0 Å². The van der Waals surface area contributed by atoms with Crippen molar-refractivity contribution in [1.82, 2.24) is 4.98 Å². The molecule has 1 aromatic heterocycles. The lowest BCUT2D eigenvalue weighted by molar-refractivity contribution is 0.100. The normalized spacial score (nSPS) is 10.6. The van der Waals surface area contributed by atoms with Crippen molar-refractivity contribution >= 4 is 17.0 Å². The van der Waals surface area contributed by atoms with Gasteiger partial charge in [-0.3, -0.25) is 4.79 Å². The SMILES string of the molecule is NC(=O)c1cccc2oc(CO)nc12. The average molecular weight is 192 g/mol. The van der Waals surface area contributed by atoms with Crippen molar-refractivity contribution in [1.29, 1.82) is 0 Å². The summed E-state index contributed by atoms with van der Waals surface area (Å²) in [5.74, 6) is -0.387. The van der Waals surface area contributed by atoms with E-state index in [1.165, 1.54) is 0 Å². The quantitative estimate of drug-likeness (QED) is 0.721. The van der Waals surface area contributed by atoms with Gasteiger partial charge in [0.25, 0.3) is 5.91 Å². The molecule has 3 N–H and O–H groups in total. The van der Waals surface area contributed by atoms with Gasteiger partial charge < -0.3 is 15.3 Å². The first-order chi connectivity index (χ1) is 6.72. The molecule has 0 spiro atoms. The summed E-state index contributed by atoms with van der Waals surface area (Å²) in [4.78, 5) is 14.9. The molecule has 2 rings (SSSR count). The number of fused-ring (bicyclic) bond motifs is 1. The standard InChI is InChI=1S/C9H8N2O3/c10-9(13)5-2-1-3-6-8(5)11-7(4-12)14-6/h1-3,12H,4H2,(H2,10,13). The first kappa shape index (κ1) is 8.71. The number of hydrogen-bond acceptors (Lipinski definition) is 4. The Hall–Kier alpha value is -1.88. The van der Waals surface area contributed by atoms with Crippen molar-refractivity contribution in [3.63, 3.8) is 0 Å². The van der Waals surface area contributed by atoms with Crippen LogP contribution in [0.1, 0.15) is 16.2 Å². The van der Waals surface area contributed by atoms with Crippen molar-refractivity contribution in [2.45, 2.75) is 6.61 Å². The minimum atomic E-state index is -0.562. The van der Waals surface area contributed by atoms with Gasteiger partial charge in [-0.1, -0.05) is 6.07 Å². The number of oxazole rings is 1. The third-order valence-corrected chi connectivity index (χ3v) is 1.86. The van der Waals surface area contributed by atoms with Gasteiger partial charge in [0.1, 0.15) is 12.1 Å². The number of benzene rings is 1. The smallest absolute Gasteiger partial charge is 0.251 e. The van der Waals surface area contributed by atoms with Gasteiger partial charge in [0.2, 0.25) is 5.89 Å². The van der Waals surface area contributed by atoms with E-state index in [9.17, 15) is 4.79 Å². The maximum atomic E-state index is 11.0. The summed E-state index contributed by atoms with van der Waals surface area (Å²) in [7, 11) is 0. The third-order valence-electron chi connectivity index (χ3n) is 1.86. The topological polar surface area (TPSA) is 89.4 Å². The number of para-hydroxylation sites is 1. The fraction of sp³-hybridized carbons (Fsp3) is 0.111. The van der Waals surface area contributed by atoms with Crippen LogP contribution in [-0.2, 0) is 6.61 Å². The molecule has 0 bridgehead atoms. The second kappa shape index (κ2) is 3.12. The van der Waals surface area contributed by atoms with Crippen molar-refractivity contribution in [3.8, 4) is 0 Å². The van der Waals surface area contributed by atoms with Gasteiger partial charge in [0.15, 0.2) is 5.58 Å². The molecule has 0 saturated carbocycles. The van der Waals surface area contributed by atoms with Crippen LogP contribution in [0.25, 0.3) is 11.1 Å². The fourth-order valence-corrected chi connectivity index (χ4v) is 1.26. The lowest BCUT2D eigenvalue weighted by Crippen LogP contribution is -2.11. The van der Waals surface area contributed by atoms with Crippen LogP contribution < -0.4 is 5.73 Å². The molecule has 0 unspecified atom stereocenters. The van der Waals surface area contributed by atoms with Gasteiger partial charge in [-0.05, 0) is 12.1 Å². The summed E-state index contributed by atoms with van der Waals surface area (Å²) in [6.07, 6.45) is 0. The molecule has 1 aromatic carbocycles. The molecule has 0 fully saturated rings. The van der Waals surface area contributed by atoms with Crippen LogP contribution >= 0.6 is 0 Å². The molecule has 2 aromatic rings. The number of nitrogens with zero attached hydrogens (tertiary/aromatic N) is 1. The van der Waals surface area contributed by atoms with Crippen LogP contribution in [-0.4, -0.2) is 16.0 Å². The molecule has 0 saturated heterocycles. The molecule has 1 amide bonds. The van der Waals surface area contributed by atoms with Crippen LogP contribution in [0.15, 0.2) is 22.6 Å². The number of amides is 1. The highest BCUT2D eigenvalue weighted by atomic mass is 16.4. The predicted octanol–water partition coefficient (Wildman–Crippen LogP) is 0.419. The van der Waals surface area contributed by atoms with Gasteiger partial charge in [0, 0.05) is 0 Å². The van der Waals surface area contributed by atoms with Crippen molar-refractivity contribution in [2.24, 2.45) is 5.73 Å². The first-order valence-corrected chi connectivity index (χ1v) is 4.01. The lowest BCUT2D eigenvalue weighted by Gasteiger charge is -1.93. The average Bonchev–Trinajstić information content (AvgIpc) is 2.59. The van der Waals surface area contributed by atoms with Crippen molar-refractivity contribution in [3.05, 3.63) is 29.7 Å². The second-order valence-corrected chi connectivity index (χ2v) is 2.78. The maximum absolute atomic E-state index is 11.0. The Morgan fingerprint density at radius 2 is 2.36 bits per heavy atom. The highest BCUT2D eigenvalue weighted by Gasteiger charge is 2.11. The predicted molar refractivity (Wildman–Crippen MR) is 48.4 cm³/mol. The summed E-state index contributed by atoms with van der Waals surface area (Å²) in [5.41, 5.74) is 6.29. The molecular formula is C9H8N2O3. The molecule has 14 heavy (non-hydrogen) atoms. The summed E-state index contributed by atoms with van der Waals surface area (Å²) in [5, 5.41) is 8.80. The van der Waals surface area contributed by atoms with Gasteiger partial charge in [-0.15, -0.1) is 0 Å².